The molecule has 0 saturated carbocycles. The Morgan fingerprint density at radius 1 is 1.53 bits per heavy atom. The SMILES string of the molecule is C#CC(CC)Nc1ccc([N+](=O)[O-])cc1. The Bertz CT molecular complexity index is 379. The molecule has 1 aromatic carbocycles. The zero-order valence-electron chi connectivity index (χ0n) is 8.43. The van der Waals surface area contributed by atoms with E-state index in [9.17, 15) is 10.1 Å². The molecule has 0 aliphatic heterocycles. The average Bonchev–Trinajstić information content (AvgIpc) is 2.26. The van der Waals surface area contributed by atoms with E-state index >= 15 is 0 Å². The number of benzene rings is 1. The summed E-state index contributed by atoms with van der Waals surface area (Å²) in [6, 6.07) is 6.17. The lowest BCUT2D eigenvalue weighted by atomic mass is 10.2. The molecule has 1 atom stereocenters. The zero-order valence-corrected chi connectivity index (χ0v) is 8.43. The highest BCUT2D eigenvalue weighted by Gasteiger charge is 2.05. The molecule has 0 saturated heterocycles. The number of nitro benzene ring substituents is 1. The molecule has 0 aliphatic carbocycles. The summed E-state index contributed by atoms with van der Waals surface area (Å²) in [6.45, 7) is 1.98. The summed E-state index contributed by atoms with van der Waals surface area (Å²) in [4.78, 5) is 9.97. The topological polar surface area (TPSA) is 55.2 Å². The number of nitrogens with one attached hydrogen (secondary N) is 1. The minimum atomic E-state index is -0.428. The molecule has 4 heteroatoms. The summed E-state index contributed by atoms with van der Waals surface area (Å²) >= 11 is 0. The fourth-order valence-corrected chi connectivity index (χ4v) is 1.14. The average molecular weight is 204 g/mol. The smallest absolute Gasteiger partial charge is 0.269 e. The van der Waals surface area contributed by atoms with E-state index in [0.717, 1.165) is 12.1 Å². The fourth-order valence-electron chi connectivity index (χ4n) is 1.14. The quantitative estimate of drug-likeness (QED) is 0.465. The minimum Gasteiger partial charge on any atom is -0.372 e. The highest BCUT2D eigenvalue weighted by molar-refractivity contribution is 5.50. The molecule has 0 fully saturated rings. The van der Waals surface area contributed by atoms with Crippen molar-refractivity contribution in [1.29, 1.82) is 0 Å². The van der Waals surface area contributed by atoms with Crippen molar-refractivity contribution in [2.24, 2.45) is 0 Å². The molecule has 1 rings (SSSR count). The van der Waals surface area contributed by atoms with Gasteiger partial charge in [-0.2, -0.15) is 0 Å². The van der Waals surface area contributed by atoms with Gasteiger partial charge in [-0.3, -0.25) is 10.1 Å². The van der Waals surface area contributed by atoms with Crippen molar-refractivity contribution in [3.63, 3.8) is 0 Å². The van der Waals surface area contributed by atoms with Gasteiger partial charge in [0.25, 0.3) is 5.69 Å². The van der Waals surface area contributed by atoms with Gasteiger partial charge in [0.2, 0.25) is 0 Å². The molecule has 0 amide bonds. The van der Waals surface area contributed by atoms with Crippen LogP contribution < -0.4 is 5.32 Å². The van der Waals surface area contributed by atoms with Gasteiger partial charge >= 0.3 is 0 Å². The maximum atomic E-state index is 10.4. The molecule has 0 aromatic heterocycles. The van der Waals surface area contributed by atoms with Gasteiger partial charge in [0, 0.05) is 17.8 Å². The van der Waals surface area contributed by atoms with Gasteiger partial charge in [-0.15, -0.1) is 6.42 Å². The van der Waals surface area contributed by atoms with E-state index in [4.69, 9.17) is 6.42 Å². The van der Waals surface area contributed by atoms with Crippen molar-refractivity contribution in [2.75, 3.05) is 5.32 Å². The Morgan fingerprint density at radius 3 is 2.53 bits per heavy atom. The van der Waals surface area contributed by atoms with Crippen molar-refractivity contribution < 1.29 is 4.92 Å². The number of rotatable bonds is 4. The largest absolute Gasteiger partial charge is 0.372 e. The first-order valence-corrected chi connectivity index (χ1v) is 4.64. The first-order valence-electron chi connectivity index (χ1n) is 4.64. The van der Waals surface area contributed by atoms with Crippen LogP contribution >= 0.6 is 0 Å². The lowest BCUT2D eigenvalue weighted by Gasteiger charge is -2.11. The molecule has 1 unspecified atom stereocenters. The van der Waals surface area contributed by atoms with E-state index in [1.54, 1.807) is 12.1 Å². The molecule has 0 spiro atoms. The highest BCUT2D eigenvalue weighted by Crippen LogP contribution is 2.16. The Balaban J connectivity index is 2.73. The molecule has 15 heavy (non-hydrogen) atoms. The van der Waals surface area contributed by atoms with Crippen molar-refractivity contribution >= 4 is 11.4 Å². The number of nitro groups is 1. The van der Waals surface area contributed by atoms with Crippen LogP contribution in [0.2, 0.25) is 0 Å². The standard InChI is InChI=1S/C11H12N2O2/c1-3-9(4-2)12-10-5-7-11(8-6-10)13(14)15/h1,5-9,12H,4H2,2H3. The number of hydrogen-bond acceptors (Lipinski definition) is 3. The summed E-state index contributed by atoms with van der Waals surface area (Å²) in [5.41, 5.74) is 0.875. The first-order chi connectivity index (χ1) is 7.17. The number of hydrogen-bond donors (Lipinski definition) is 1. The van der Waals surface area contributed by atoms with Crippen LogP contribution in [0.1, 0.15) is 13.3 Å². The fraction of sp³-hybridized carbons (Fsp3) is 0.273. The summed E-state index contributed by atoms with van der Waals surface area (Å²) in [5.74, 6) is 2.59. The van der Waals surface area contributed by atoms with Crippen LogP contribution in [-0.4, -0.2) is 11.0 Å². The third kappa shape index (κ3) is 2.99. The number of anilines is 1. The summed E-state index contributed by atoms with van der Waals surface area (Å²) < 4.78 is 0. The molecular formula is C11H12N2O2. The van der Waals surface area contributed by atoms with Crippen LogP contribution in [0, 0.1) is 22.5 Å². The van der Waals surface area contributed by atoms with Gasteiger partial charge in [0.05, 0.1) is 11.0 Å². The number of nitrogens with zero attached hydrogens (tertiary/aromatic N) is 1. The maximum absolute atomic E-state index is 10.4. The van der Waals surface area contributed by atoms with Crippen LogP contribution in [0.4, 0.5) is 11.4 Å². The van der Waals surface area contributed by atoms with Gasteiger partial charge < -0.3 is 5.32 Å². The van der Waals surface area contributed by atoms with E-state index in [0.29, 0.717) is 0 Å². The lowest BCUT2D eigenvalue weighted by Crippen LogP contribution is -2.15. The summed E-state index contributed by atoms with van der Waals surface area (Å²) in [5, 5.41) is 13.5. The van der Waals surface area contributed by atoms with Gasteiger partial charge in [-0.05, 0) is 18.6 Å². The van der Waals surface area contributed by atoms with E-state index in [2.05, 4.69) is 11.2 Å². The molecule has 4 nitrogen and oxygen atoms in total. The normalized spacial score (nSPS) is 11.5. The van der Waals surface area contributed by atoms with Crippen LogP contribution in [0.5, 0.6) is 0 Å². The monoisotopic (exact) mass is 204 g/mol. The Kier molecular flexibility index (Phi) is 3.69. The maximum Gasteiger partial charge on any atom is 0.269 e. The van der Waals surface area contributed by atoms with Crippen LogP contribution in [0.15, 0.2) is 24.3 Å². The number of terminal acetylenes is 1. The first kappa shape index (κ1) is 11.1. The lowest BCUT2D eigenvalue weighted by molar-refractivity contribution is -0.384. The van der Waals surface area contributed by atoms with Gasteiger partial charge in [-0.1, -0.05) is 12.8 Å². The highest BCUT2D eigenvalue weighted by atomic mass is 16.6. The molecule has 1 N–H and O–H groups in total. The van der Waals surface area contributed by atoms with Crippen molar-refractivity contribution in [3.8, 4) is 12.3 Å². The Morgan fingerprint density at radius 2 is 2.13 bits per heavy atom. The second kappa shape index (κ2) is 5.01. The molecule has 0 heterocycles. The van der Waals surface area contributed by atoms with E-state index < -0.39 is 4.92 Å². The van der Waals surface area contributed by atoms with Gasteiger partial charge in [-0.25, -0.2) is 0 Å². The Labute approximate surface area is 88.5 Å². The number of non-ortho nitro benzene ring substituents is 1. The second-order valence-corrected chi connectivity index (χ2v) is 3.08. The predicted octanol–water partition coefficient (Wildman–Crippen LogP) is 2.42. The molecule has 0 aliphatic rings. The molecule has 0 radical (unpaired) electrons. The molecule has 78 valence electrons. The summed E-state index contributed by atoms with van der Waals surface area (Å²) in [7, 11) is 0. The van der Waals surface area contributed by atoms with E-state index in [1.165, 1.54) is 12.1 Å². The van der Waals surface area contributed by atoms with Crippen molar-refractivity contribution in [2.45, 2.75) is 19.4 Å². The molecular weight excluding hydrogens is 192 g/mol. The van der Waals surface area contributed by atoms with E-state index in [1.807, 2.05) is 6.92 Å². The third-order valence-corrected chi connectivity index (χ3v) is 2.03. The molecule has 0 bridgehead atoms. The third-order valence-electron chi connectivity index (χ3n) is 2.03. The predicted molar refractivity (Wildman–Crippen MR) is 59.6 cm³/mol. The minimum absolute atomic E-state index is 0.0357. The van der Waals surface area contributed by atoms with Crippen LogP contribution in [0.25, 0.3) is 0 Å². The zero-order chi connectivity index (χ0) is 11.3. The van der Waals surface area contributed by atoms with Crippen molar-refractivity contribution in [3.05, 3.63) is 34.4 Å². The van der Waals surface area contributed by atoms with Gasteiger partial charge in [0.15, 0.2) is 0 Å². The van der Waals surface area contributed by atoms with E-state index in [-0.39, 0.29) is 11.7 Å². The summed E-state index contributed by atoms with van der Waals surface area (Å²) in [6.07, 6.45) is 6.10. The molecule has 1 aromatic rings. The Hall–Kier alpha value is -2.02. The second-order valence-electron chi connectivity index (χ2n) is 3.08. The van der Waals surface area contributed by atoms with Crippen molar-refractivity contribution in [1.82, 2.24) is 0 Å². The van der Waals surface area contributed by atoms with Crippen LogP contribution in [0.3, 0.4) is 0 Å². The van der Waals surface area contributed by atoms with Crippen LogP contribution in [-0.2, 0) is 0 Å². The van der Waals surface area contributed by atoms with Gasteiger partial charge in [0.1, 0.15) is 0 Å².